The fourth-order valence-corrected chi connectivity index (χ4v) is 4.23. The van der Waals surface area contributed by atoms with Crippen LogP contribution in [0.2, 0.25) is 0 Å². The number of nitrogens with one attached hydrogen (secondary N) is 1. The molecule has 0 aliphatic heterocycles. The number of nitriles is 1. The highest BCUT2D eigenvalue weighted by atomic mass is 19.3. The van der Waals surface area contributed by atoms with E-state index in [0.29, 0.717) is 22.4 Å². The Morgan fingerprint density at radius 3 is 2.48 bits per heavy atom. The molecule has 0 saturated heterocycles. The van der Waals surface area contributed by atoms with Crippen LogP contribution in [0, 0.1) is 17.1 Å². The van der Waals surface area contributed by atoms with Crippen LogP contribution in [0.25, 0.3) is 11.1 Å². The van der Waals surface area contributed by atoms with Crippen molar-refractivity contribution in [2.75, 3.05) is 6.61 Å². The third-order valence-corrected chi connectivity index (χ3v) is 6.35. The van der Waals surface area contributed by atoms with Crippen LogP contribution in [-0.2, 0) is 24.6 Å². The molecule has 3 aromatic carbocycles. The monoisotopic (exact) mass is 577 g/mol. The van der Waals surface area contributed by atoms with E-state index in [4.69, 9.17) is 14.7 Å². The van der Waals surface area contributed by atoms with Gasteiger partial charge in [-0.15, -0.1) is 0 Å². The number of hydrogen-bond donors (Lipinski definition) is 3. The van der Waals surface area contributed by atoms with Gasteiger partial charge in [-0.3, -0.25) is 15.1 Å². The lowest BCUT2D eigenvalue weighted by atomic mass is 9.95. The first-order valence-electron chi connectivity index (χ1n) is 12.7. The number of pyridine rings is 1. The molecule has 0 radical (unpaired) electrons. The highest BCUT2D eigenvalue weighted by molar-refractivity contribution is 5.73. The van der Waals surface area contributed by atoms with Gasteiger partial charge in [0.2, 0.25) is 0 Å². The Balaban J connectivity index is 1.59. The van der Waals surface area contributed by atoms with Gasteiger partial charge in [0.05, 0.1) is 12.2 Å². The van der Waals surface area contributed by atoms with E-state index in [2.05, 4.69) is 10.3 Å². The van der Waals surface area contributed by atoms with Crippen LogP contribution in [0.15, 0.2) is 79.1 Å². The maximum atomic E-state index is 14.4. The average Bonchev–Trinajstić information content (AvgIpc) is 2.99. The molecule has 0 spiro atoms. The molecule has 11 heteroatoms. The summed E-state index contributed by atoms with van der Waals surface area (Å²) in [6.07, 6.45) is 0.0429. The molecule has 0 bridgehead atoms. The van der Waals surface area contributed by atoms with Gasteiger partial charge in [-0.1, -0.05) is 42.5 Å². The molecule has 1 heterocycles. The number of carbonyl (C=O) groups is 1. The third-order valence-electron chi connectivity index (χ3n) is 6.35. The Labute approximate surface area is 239 Å². The molecule has 216 valence electrons. The molecule has 0 unspecified atom stereocenters. The molecule has 4 aromatic rings. The van der Waals surface area contributed by atoms with Gasteiger partial charge < -0.3 is 19.7 Å². The van der Waals surface area contributed by atoms with Gasteiger partial charge >= 0.3 is 5.97 Å². The molecule has 4 rings (SSSR count). The lowest BCUT2D eigenvalue weighted by Crippen LogP contribution is -2.39. The number of ether oxygens (including phenoxy) is 2. The van der Waals surface area contributed by atoms with E-state index in [1.807, 2.05) is 6.07 Å². The zero-order chi connectivity index (χ0) is 30.1. The fraction of sp³-hybridized carbons (Fsp3) is 0.194. The third kappa shape index (κ3) is 7.42. The first-order chi connectivity index (χ1) is 20.3. The summed E-state index contributed by atoms with van der Waals surface area (Å²) >= 11 is 0. The van der Waals surface area contributed by atoms with Gasteiger partial charge in [0.1, 0.15) is 42.6 Å². The zero-order valence-electron chi connectivity index (χ0n) is 22.1. The normalized spacial score (nSPS) is 11.6. The van der Waals surface area contributed by atoms with E-state index < -0.39 is 30.9 Å². The van der Waals surface area contributed by atoms with Gasteiger partial charge in [0, 0.05) is 47.3 Å². The van der Waals surface area contributed by atoms with Gasteiger partial charge in [0.25, 0.3) is 6.43 Å². The maximum absolute atomic E-state index is 14.4. The number of aliphatic hydroxyl groups excluding tert-OH is 1. The minimum absolute atomic E-state index is 0.0154. The smallest absolute Gasteiger partial charge is 0.323 e. The molecule has 8 nitrogen and oxygen atoms in total. The highest BCUT2D eigenvalue weighted by Crippen LogP contribution is 2.36. The second-order valence-electron chi connectivity index (χ2n) is 9.15. The maximum Gasteiger partial charge on any atom is 0.323 e. The molecule has 0 fully saturated rings. The van der Waals surface area contributed by atoms with Gasteiger partial charge in [-0.05, 0) is 29.3 Å². The predicted molar refractivity (Wildman–Crippen MR) is 146 cm³/mol. The fourth-order valence-electron chi connectivity index (χ4n) is 4.23. The molecule has 3 N–H and O–H groups in total. The topological polar surface area (TPSA) is 125 Å². The summed E-state index contributed by atoms with van der Waals surface area (Å²) in [4.78, 5) is 15.3. The highest BCUT2D eigenvalue weighted by Gasteiger charge is 2.21. The number of halogens is 3. The number of carboxylic acids is 1. The number of hydrogen-bond acceptors (Lipinski definition) is 7. The minimum atomic E-state index is -2.89. The molecule has 1 aromatic heterocycles. The summed E-state index contributed by atoms with van der Waals surface area (Å²) in [5, 5.41) is 30.4. The Bertz CT molecular complexity index is 1590. The van der Waals surface area contributed by atoms with Crippen molar-refractivity contribution in [1.29, 1.82) is 5.26 Å². The van der Waals surface area contributed by atoms with Crippen molar-refractivity contribution in [2.24, 2.45) is 0 Å². The van der Waals surface area contributed by atoms with E-state index in [0.717, 1.165) is 0 Å². The summed E-state index contributed by atoms with van der Waals surface area (Å²) in [7, 11) is 0. The summed E-state index contributed by atoms with van der Waals surface area (Å²) in [5.74, 6) is -1.29. The van der Waals surface area contributed by atoms with Crippen molar-refractivity contribution < 1.29 is 37.7 Å². The zero-order valence-corrected chi connectivity index (χ0v) is 22.1. The summed E-state index contributed by atoms with van der Waals surface area (Å²) in [6, 6.07) is 17.3. The van der Waals surface area contributed by atoms with E-state index in [-0.39, 0.29) is 47.8 Å². The van der Waals surface area contributed by atoms with Crippen LogP contribution < -0.4 is 14.8 Å². The summed E-state index contributed by atoms with van der Waals surface area (Å²) in [6.45, 7) is -0.845. The molecule has 1 atom stereocenters. The number of aromatic nitrogens is 1. The summed E-state index contributed by atoms with van der Waals surface area (Å²) in [5.41, 5.74) is 1.43. The van der Waals surface area contributed by atoms with E-state index in [9.17, 15) is 28.2 Å². The number of carboxylic acid groups (broad SMARTS) is 1. The number of aliphatic carboxylic acids is 1. The number of benzene rings is 3. The Kier molecular flexibility index (Phi) is 10.1. The lowest BCUT2D eigenvalue weighted by Gasteiger charge is -2.18. The average molecular weight is 578 g/mol. The first kappa shape index (κ1) is 30.0. The summed E-state index contributed by atoms with van der Waals surface area (Å²) < 4.78 is 54.7. The van der Waals surface area contributed by atoms with Crippen LogP contribution >= 0.6 is 0 Å². The van der Waals surface area contributed by atoms with Crippen molar-refractivity contribution in [2.45, 2.75) is 32.2 Å². The van der Waals surface area contributed by atoms with E-state index >= 15 is 0 Å². The second kappa shape index (κ2) is 14.1. The van der Waals surface area contributed by atoms with Crippen LogP contribution in [0.4, 0.5) is 13.2 Å². The molecule has 0 aliphatic rings. The minimum Gasteiger partial charge on any atom is -0.489 e. The number of nitrogens with zero attached hydrogens (tertiary/aromatic N) is 2. The SMILES string of the molecule is N#Cc1cncc(COc2cc(OCc3cccc(-c4ccccc4F)c3C(F)F)ccc2CN[C@@H](CO)C(=O)O)c1. The number of alkyl halides is 2. The predicted octanol–water partition coefficient (Wildman–Crippen LogP) is 5.39. The van der Waals surface area contributed by atoms with E-state index in [1.54, 1.807) is 30.3 Å². The molecule has 0 saturated carbocycles. The molecule has 0 amide bonds. The first-order valence-corrected chi connectivity index (χ1v) is 12.7. The number of aliphatic hydroxyl groups is 1. The van der Waals surface area contributed by atoms with Crippen LogP contribution in [0.1, 0.15) is 34.2 Å². The quantitative estimate of drug-likeness (QED) is 0.193. The lowest BCUT2D eigenvalue weighted by molar-refractivity contribution is -0.140. The van der Waals surface area contributed by atoms with Crippen LogP contribution in [-0.4, -0.2) is 33.8 Å². The van der Waals surface area contributed by atoms with Gasteiger partial charge in [0.15, 0.2) is 0 Å². The van der Waals surface area contributed by atoms with Gasteiger partial charge in [-0.2, -0.15) is 5.26 Å². The Hall–Kier alpha value is -4.92. The van der Waals surface area contributed by atoms with Crippen LogP contribution in [0.5, 0.6) is 11.5 Å². The molecule has 42 heavy (non-hydrogen) atoms. The van der Waals surface area contributed by atoms with Crippen molar-refractivity contribution in [1.82, 2.24) is 10.3 Å². The molecule has 0 aliphatic carbocycles. The molecular formula is C31H26F3N3O5. The standard InChI is InChI=1S/C31H26F3N3O5/c32-26-7-2-1-5-24(26)25-6-3-4-22(29(25)30(33)34)18-41-23-9-8-21(15-37-27(16-38)31(39)40)28(11-23)42-17-20-10-19(12-35)13-36-14-20/h1-11,13-14,27,30,37-38H,15-18H2,(H,39,40)/t27-/m0/s1. The molecular weight excluding hydrogens is 551 g/mol. The van der Waals surface area contributed by atoms with Gasteiger partial charge in [-0.25, -0.2) is 13.2 Å². The largest absolute Gasteiger partial charge is 0.489 e. The second-order valence-corrected chi connectivity index (χ2v) is 9.15. The number of rotatable bonds is 13. The van der Waals surface area contributed by atoms with Crippen LogP contribution in [0.3, 0.4) is 0 Å². The Morgan fingerprint density at radius 1 is 0.976 bits per heavy atom. The van der Waals surface area contributed by atoms with E-state index in [1.165, 1.54) is 48.8 Å². The van der Waals surface area contributed by atoms with Crippen molar-refractivity contribution in [3.63, 3.8) is 0 Å². The van der Waals surface area contributed by atoms with Crippen molar-refractivity contribution in [3.8, 4) is 28.7 Å². The Morgan fingerprint density at radius 2 is 1.76 bits per heavy atom. The van der Waals surface area contributed by atoms with Crippen molar-refractivity contribution >= 4 is 5.97 Å². The van der Waals surface area contributed by atoms with Crippen molar-refractivity contribution in [3.05, 3.63) is 113 Å².